The number of rotatable bonds is 1. The van der Waals surface area contributed by atoms with Gasteiger partial charge in [-0.3, -0.25) is 0 Å². The monoisotopic (exact) mass is 132 g/mol. The summed E-state index contributed by atoms with van der Waals surface area (Å²) in [5.41, 5.74) is 0. The Morgan fingerprint density at radius 2 is 1.78 bits per heavy atom. The van der Waals surface area contributed by atoms with Gasteiger partial charge in [-0.2, -0.15) is 0 Å². The molecule has 0 aliphatic rings. The Balaban J connectivity index is 0. The van der Waals surface area contributed by atoms with Crippen LogP contribution in [-0.4, -0.2) is 16.8 Å². The minimum Gasteiger partial charge on any atom is -0.513 e. The van der Waals surface area contributed by atoms with Gasteiger partial charge in [0, 0.05) is 6.61 Å². The molecule has 0 atom stereocenters. The van der Waals surface area contributed by atoms with Gasteiger partial charge in [-0.05, 0) is 26.3 Å². The Labute approximate surface area is 56.8 Å². The first-order valence-electron chi connectivity index (χ1n) is 3.15. The highest BCUT2D eigenvalue weighted by Crippen LogP contribution is 1.85. The lowest BCUT2D eigenvalue weighted by atomic mass is 10.4. The molecule has 0 saturated carbocycles. The second-order valence-electron chi connectivity index (χ2n) is 1.57. The molecular weight excluding hydrogens is 116 g/mol. The molecule has 0 aliphatic heterocycles. The molecule has 2 heteroatoms. The first kappa shape index (κ1) is 11.3. The molecular formula is C7H16O2. The second-order valence-corrected chi connectivity index (χ2v) is 1.57. The number of aliphatic hydroxyl groups is 2. The fraction of sp³-hybridized carbons (Fsp3) is 0.714. The van der Waals surface area contributed by atoms with Gasteiger partial charge in [0.15, 0.2) is 0 Å². The van der Waals surface area contributed by atoms with E-state index >= 15 is 0 Å². The van der Waals surface area contributed by atoms with Crippen LogP contribution >= 0.6 is 0 Å². The molecule has 0 heterocycles. The van der Waals surface area contributed by atoms with Crippen molar-refractivity contribution in [2.24, 2.45) is 0 Å². The van der Waals surface area contributed by atoms with E-state index in [4.69, 9.17) is 10.2 Å². The number of hydrogen-bond acceptors (Lipinski definition) is 2. The van der Waals surface area contributed by atoms with E-state index in [1.54, 1.807) is 19.9 Å². The standard InChI is InChI=1S/C5H10O.C2H6O/c1-3-4-5(2)6;1-2-3/h4,6H,3H2,1-2H3;3H,2H2,1H3/b5-4+;. The van der Waals surface area contributed by atoms with Crippen molar-refractivity contribution in [3.05, 3.63) is 11.8 Å². The van der Waals surface area contributed by atoms with Gasteiger partial charge in [0.05, 0.1) is 5.76 Å². The zero-order chi connectivity index (χ0) is 7.70. The summed E-state index contributed by atoms with van der Waals surface area (Å²) in [5.74, 6) is 0.414. The van der Waals surface area contributed by atoms with Crippen LogP contribution in [0, 0.1) is 0 Å². The Morgan fingerprint density at radius 1 is 1.44 bits per heavy atom. The van der Waals surface area contributed by atoms with Crippen LogP contribution < -0.4 is 0 Å². The number of allylic oxidation sites excluding steroid dienone is 2. The lowest BCUT2D eigenvalue weighted by molar-refractivity contribution is 0.318. The summed E-state index contributed by atoms with van der Waals surface area (Å²) >= 11 is 0. The summed E-state index contributed by atoms with van der Waals surface area (Å²) in [6, 6.07) is 0. The third-order valence-corrected chi connectivity index (χ3v) is 0.500. The third kappa shape index (κ3) is 36.3. The fourth-order valence-corrected chi connectivity index (χ4v) is 0.295. The van der Waals surface area contributed by atoms with E-state index < -0.39 is 0 Å². The SMILES string of the molecule is CC/C=C(\C)O.CCO. The summed E-state index contributed by atoms with van der Waals surface area (Å²) in [4.78, 5) is 0. The van der Waals surface area contributed by atoms with Gasteiger partial charge >= 0.3 is 0 Å². The van der Waals surface area contributed by atoms with Gasteiger partial charge in [0.1, 0.15) is 0 Å². The van der Waals surface area contributed by atoms with Crippen molar-refractivity contribution < 1.29 is 10.2 Å². The Hall–Kier alpha value is -0.500. The highest BCUT2D eigenvalue weighted by molar-refractivity contribution is 4.83. The molecule has 9 heavy (non-hydrogen) atoms. The van der Waals surface area contributed by atoms with Gasteiger partial charge in [0.25, 0.3) is 0 Å². The highest BCUT2D eigenvalue weighted by atomic mass is 16.3. The summed E-state index contributed by atoms with van der Waals surface area (Å²) in [6.45, 7) is 5.59. The molecule has 0 spiro atoms. The molecule has 2 N–H and O–H groups in total. The lowest BCUT2D eigenvalue weighted by Crippen LogP contribution is -1.64. The van der Waals surface area contributed by atoms with Gasteiger partial charge in [-0.25, -0.2) is 0 Å². The molecule has 0 fully saturated rings. The normalized spacial score (nSPS) is 10.0. The summed E-state index contributed by atoms with van der Waals surface area (Å²) in [7, 11) is 0. The van der Waals surface area contributed by atoms with Crippen molar-refractivity contribution in [3.63, 3.8) is 0 Å². The number of hydrogen-bond donors (Lipinski definition) is 2. The van der Waals surface area contributed by atoms with Crippen molar-refractivity contribution in [3.8, 4) is 0 Å². The van der Waals surface area contributed by atoms with Crippen LogP contribution in [-0.2, 0) is 0 Å². The Bertz CT molecular complexity index is 63.3. The van der Waals surface area contributed by atoms with Gasteiger partial charge in [-0.1, -0.05) is 6.92 Å². The molecule has 56 valence electrons. The zero-order valence-electron chi connectivity index (χ0n) is 6.39. The quantitative estimate of drug-likeness (QED) is 0.534. The van der Waals surface area contributed by atoms with E-state index in [0.717, 1.165) is 6.42 Å². The average molecular weight is 132 g/mol. The van der Waals surface area contributed by atoms with Gasteiger partial charge in [-0.15, -0.1) is 0 Å². The third-order valence-electron chi connectivity index (χ3n) is 0.500. The molecule has 0 aromatic carbocycles. The van der Waals surface area contributed by atoms with Crippen molar-refractivity contribution in [1.82, 2.24) is 0 Å². The van der Waals surface area contributed by atoms with E-state index in [0.29, 0.717) is 5.76 Å². The molecule has 0 bridgehead atoms. The first-order valence-corrected chi connectivity index (χ1v) is 3.15. The van der Waals surface area contributed by atoms with E-state index in [2.05, 4.69) is 0 Å². The van der Waals surface area contributed by atoms with Crippen molar-refractivity contribution in [2.45, 2.75) is 27.2 Å². The molecule has 0 aromatic heterocycles. The molecule has 0 aliphatic carbocycles. The molecule has 0 radical (unpaired) electrons. The molecule has 0 unspecified atom stereocenters. The summed E-state index contributed by atoms with van der Waals surface area (Å²) < 4.78 is 0. The molecule has 0 saturated heterocycles. The molecule has 0 amide bonds. The van der Waals surface area contributed by atoms with Crippen molar-refractivity contribution >= 4 is 0 Å². The van der Waals surface area contributed by atoms with Crippen LogP contribution in [0.2, 0.25) is 0 Å². The van der Waals surface area contributed by atoms with Crippen molar-refractivity contribution in [2.75, 3.05) is 6.61 Å². The maximum Gasteiger partial charge on any atom is 0.0851 e. The zero-order valence-corrected chi connectivity index (χ0v) is 6.39. The van der Waals surface area contributed by atoms with Crippen molar-refractivity contribution in [1.29, 1.82) is 0 Å². The summed E-state index contributed by atoms with van der Waals surface area (Å²) in [6.07, 6.45) is 2.68. The predicted molar refractivity (Wildman–Crippen MR) is 39.4 cm³/mol. The Kier molecular flexibility index (Phi) is 13.2. The maximum atomic E-state index is 8.41. The second kappa shape index (κ2) is 10.5. The predicted octanol–water partition coefficient (Wildman–Crippen LogP) is 1.86. The van der Waals surface area contributed by atoms with Crippen LogP contribution in [0.3, 0.4) is 0 Å². The largest absolute Gasteiger partial charge is 0.513 e. The smallest absolute Gasteiger partial charge is 0.0851 e. The van der Waals surface area contributed by atoms with E-state index in [1.165, 1.54) is 0 Å². The molecule has 0 aromatic rings. The van der Waals surface area contributed by atoms with Crippen LogP contribution in [0.4, 0.5) is 0 Å². The minimum absolute atomic E-state index is 0.250. The topological polar surface area (TPSA) is 40.5 Å². The van der Waals surface area contributed by atoms with E-state index in [9.17, 15) is 0 Å². The molecule has 2 nitrogen and oxygen atoms in total. The van der Waals surface area contributed by atoms with Crippen LogP contribution in [0.5, 0.6) is 0 Å². The minimum atomic E-state index is 0.250. The van der Waals surface area contributed by atoms with Crippen LogP contribution in [0.15, 0.2) is 11.8 Å². The van der Waals surface area contributed by atoms with Crippen LogP contribution in [0.25, 0.3) is 0 Å². The molecule has 0 rings (SSSR count). The van der Waals surface area contributed by atoms with E-state index in [-0.39, 0.29) is 6.61 Å². The summed E-state index contributed by atoms with van der Waals surface area (Å²) in [5, 5.41) is 16.0. The Morgan fingerprint density at radius 3 is 1.78 bits per heavy atom. The fourth-order valence-electron chi connectivity index (χ4n) is 0.295. The maximum absolute atomic E-state index is 8.41. The lowest BCUT2D eigenvalue weighted by Gasteiger charge is -1.80. The van der Waals surface area contributed by atoms with Gasteiger partial charge < -0.3 is 10.2 Å². The highest BCUT2D eigenvalue weighted by Gasteiger charge is 1.70. The average Bonchev–Trinajstić information content (AvgIpc) is 1.67. The number of aliphatic hydroxyl groups excluding tert-OH is 2. The van der Waals surface area contributed by atoms with Crippen LogP contribution in [0.1, 0.15) is 27.2 Å². The first-order chi connectivity index (χ1) is 4.18. The van der Waals surface area contributed by atoms with E-state index in [1.807, 2.05) is 6.92 Å². The van der Waals surface area contributed by atoms with Gasteiger partial charge in [0.2, 0.25) is 0 Å².